The van der Waals surface area contributed by atoms with Gasteiger partial charge in [-0.15, -0.1) is 0 Å². The van der Waals surface area contributed by atoms with Crippen LogP contribution in [0, 0.1) is 0 Å². The lowest BCUT2D eigenvalue weighted by atomic mass is 10.2. The monoisotopic (exact) mass is 220 g/mol. The standard InChI is InChI=1S/C11H8O5/c1-6(12)15-11-5-9(14)8-3-2-7(13)4-10(8)16-11/h2-5,13H,1H3. The summed E-state index contributed by atoms with van der Waals surface area (Å²) in [5.74, 6) is -0.797. The van der Waals surface area contributed by atoms with E-state index in [1.807, 2.05) is 0 Å². The molecule has 0 saturated heterocycles. The molecule has 0 aliphatic heterocycles. The molecule has 2 aromatic rings. The van der Waals surface area contributed by atoms with E-state index in [-0.39, 0.29) is 22.7 Å². The second kappa shape index (κ2) is 3.69. The van der Waals surface area contributed by atoms with Gasteiger partial charge in [-0.2, -0.15) is 0 Å². The minimum Gasteiger partial charge on any atom is -0.508 e. The first-order chi connectivity index (χ1) is 7.56. The lowest BCUT2D eigenvalue weighted by Gasteiger charge is -2.01. The number of benzene rings is 1. The third-order valence-corrected chi connectivity index (χ3v) is 1.93. The van der Waals surface area contributed by atoms with E-state index in [1.165, 1.54) is 25.1 Å². The van der Waals surface area contributed by atoms with E-state index in [9.17, 15) is 14.7 Å². The summed E-state index contributed by atoms with van der Waals surface area (Å²) < 4.78 is 9.79. The highest BCUT2D eigenvalue weighted by Crippen LogP contribution is 2.21. The summed E-state index contributed by atoms with van der Waals surface area (Å²) in [7, 11) is 0. The number of phenols is 1. The van der Waals surface area contributed by atoms with Gasteiger partial charge in [0.15, 0.2) is 5.43 Å². The lowest BCUT2D eigenvalue weighted by Crippen LogP contribution is -2.06. The zero-order chi connectivity index (χ0) is 11.7. The van der Waals surface area contributed by atoms with Gasteiger partial charge in [-0.1, -0.05) is 0 Å². The van der Waals surface area contributed by atoms with E-state index >= 15 is 0 Å². The number of fused-ring (bicyclic) bond motifs is 1. The molecule has 2 rings (SSSR count). The minimum absolute atomic E-state index is 0.0318. The van der Waals surface area contributed by atoms with E-state index < -0.39 is 5.97 Å². The van der Waals surface area contributed by atoms with Crippen LogP contribution in [0.2, 0.25) is 0 Å². The molecule has 5 nitrogen and oxygen atoms in total. The Morgan fingerprint density at radius 3 is 2.81 bits per heavy atom. The van der Waals surface area contributed by atoms with Gasteiger partial charge in [-0.3, -0.25) is 9.59 Å². The van der Waals surface area contributed by atoms with Crippen LogP contribution >= 0.6 is 0 Å². The maximum absolute atomic E-state index is 11.6. The van der Waals surface area contributed by atoms with E-state index in [4.69, 9.17) is 4.42 Å². The van der Waals surface area contributed by atoms with Crippen LogP contribution in [0.4, 0.5) is 0 Å². The third kappa shape index (κ3) is 1.88. The summed E-state index contributed by atoms with van der Waals surface area (Å²) in [5.41, 5.74) is -0.166. The Hall–Kier alpha value is -2.30. The molecule has 1 heterocycles. The Morgan fingerprint density at radius 1 is 1.38 bits per heavy atom. The molecule has 82 valence electrons. The van der Waals surface area contributed by atoms with Gasteiger partial charge >= 0.3 is 5.97 Å². The molecule has 1 aromatic carbocycles. The van der Waals surface area contributed by atoms with Crippen LogP contribution < -0.4 is 10.2 Å². The zero-order valence-electron chi connectivity index (χ0n) is 8.39. The van der Waals surface area contributed by atoms with Crippen LogP contribution in [-0.2, 0) is 4.79 Å². The van der Waals surface area contributed by atoms with Crippen molar-refractivity contribution in [3.8, 4) is 11.7 Å². The van der Waals surface area contributed by atoms with Crippen molar-refractivity contribution in [2.75, 3.05) is 0 Å². The number of hydrogen-bond acceptors (Lipinski definition) is 5. The molecule has 0 atom stereocenters. The van der Waals surface area contributed by atoms with Crippen molar-refractivity contribution < 1.29 is 19.1 Å². The number of aromatic hydroxyl groups is 1. The fourth-order valence-corrected chi connectivity index (χ4v) is 1.31. The van der Waals surface area contributed by atoms with Gasteiger partial charge in [-0.25, -0.2) is 0 Å². The normalized spacial score (nSPS) is 10.3. The third-order valence-electron chi connectivity index (χ3n) is 1.93. The van der Waals surface area contributed by atoms with E-state index in [0.717, 1.165) is 6.07 Å². The summed E-state index contributed by atoms with van der Waals surface area (Å²) in [5, 5.41) is 9.54. The van der Waals surface area contributed by atoms with Crippen LogP contribution in [0.25, 0.3) is 11.0 Å². The first-order valence-electron chi connectivity index (χ1n) is 4.51. The molecule has 0 saturated carbocycles. The molecule has 0 radical (unpaired) electrons. The molecule has 1 N–H and O–H groups in total. The van der Waals surface area contributed by atoms with Crippen LogP contribution in [0.1, 0.15) is 6.92 Å². The largest absolute Gasteiger partial charge is 0.508 e. The summed E-state index contributed by atoms with van der Waals surface area (Å²) >= 11 is 0. The number of carbonyl (C=O) groups excluding carboxylic acids is 1. The molecular weight excluding hydrogens is 212 g/mol. The average Bonchev–Trinajstić information content (AvgIpc) is 2.15. The Kier molecular flexibility index (Phi) is 2.36. The van der Waals surface area contributed by atoms with E-state index in [2.05, 4.69) is 4.74 Å². The van der Waals surface area contributed by atoms with Crippen molar-refractivity contribution in [1.29, 1.82) is 0 Å². The predicted molar refractivity (Wildman–Crippen MR) is 55.5 cm³/mol. The van der Waals surface area contributed by atoms with Gasteiger partial charge in [-0.05, 0) is 12.1 Å². The quantitative estimate of drug-likeness (QED) is 0.735. The fraction of sp³-hybridized carbons (Fsp3) is 0.0909. The van der Waals surface area contributed by atoms with Crippen molar-refractivity contribution in [1.82, 2.24) is 0 Å². The fourth-order valence-electron chi connectivity index (χ4n) is 1.31. The summed E-state index contributed by atoms with van der Waals surface area (Å²) in [6.45, 7) is 1.20. The van der Waals surface area contributed by atoms with E-state index in [0.29, 0.717) is 5.39 Å². The second-order valence-corrected chi connectivity index (χ2v) is 3.20. The van der Waals surface area contributed by atoms with Gasteiger partial charge in [0, 0.05) is 13.0 Å². The van der Waals surface area contributed by atoms with Crippen LogP contribution in [0.3, 0.4) is 0 Å². The first kappa shape index (κ1) is 10.2. The number of rotatable bonds is 1. The van der Waals surface area contributed by atoms with Crippen LogP contribution in [0.5, 0.6) is 11.7 Å². The SMILES string of the molecule is CC(=O)Oc1cc(=O)c2ccc(O)cc2o1. The molecule has 0 unspecified atom stereocenters. The predicted octanol–water partition coefficient (Wildman–Crippen LogP) is 1.42. The molecule has 0 aliphatic carbocycles. The van der Waals surface area contributed by atoms with Gasteiger partial charge in [0.25, 0.3) is 5.95 Å². The summed E-state index contributed by atoms with van der Waals surface area (Å²) in [6, 6.07) is 5.18. The Morgan fingerprint density at radius 2 is 2.12 bits per heavy atom. The van der Waals surface area contributed by atoms with Crippen molar-refractivity contribution in [3.05, 3.63) is 34.5 Å². The van der Waals surface area contributed by atoms with Crippen molar-refractivity contribution in [2.24, 2.45) is 0 Å². The second-order valence-electron chi connectivity index (χ2n) is 3.20. The summed E-state index contributed by atoms with van der Waals surface area (Å²) in [4.78, 5) is 22.3. The van der Waals surface area contributed by atoms with E-state index in [1.54, 1.807) is 0 Å². The number of esters is 1. The van der Waals surface area contributed by atoms with Crippen LogP contribution in [0.15, 0.2) is 33.5 Å². The number of ether oxygens (including phenoxy) is 1. The van der Waals surface area contributed by atoms with Crippen LogP contribution in [-0.4, -0.2) is 11.1 Å². The molecule has 0 spiro atoms. The summed E-state index contributed by atoms with van der Waals surface area (Å²) in [6.07, 6.45) is 0. The molecular formula is C11H8O5. The number of phenolic OH excluding ortho intramolecular Hbond substituents is 1. The highest BCUT2D eigenvalue weighted by Gasteiger charge is 2.07. The first-order valence-corrected chi connectivity index (χ1v) is 4.51. The van der Waals surface area contributed by atoms with Crippen molar-refractivity contribution in [2.45, 2.75) is 6.92 Å². The van der Waals surface area contributed by atoms with Gasteiger partial charge < -0.3 is 14.3 Å². The highest BCUT2D eigenvalue weighted by atomic mass is 16.6. The molecule has 0 bridgehead atoms. The minimum atomic E-state index is -0.581. The van der Waals surface area contributed by atoms with Crippen molar-refractivity contribution in [3.63, 3.8) is 0 Å². The molecule has 0 fully saturated rings. The number of carbonyl (C=O) groups is 1. The molecule has 0 amide bonds. The average molecular weight is 220 g/mol. The molecule has 1 aromatic heterocycles. The Bertz CT molecular complexity index is 611. The molecule has 5 heteroatoms. The maximum Gasteiger partial charge on any atom is 0.310 e. The highest BCUT2D eigenvalue weighted by molar-refractivity contribution is 5.78. The van der Waals surface area contributed by atoms with Crippen molar-refractivity contribution >= 4 is 16.9 Å². The number of hydrogen-bond donors (Lipinski definition) is 1. The van der Waals surface area contributed by atoms with Gasteiger partial charge in [0.2, 0.25) is 0 Å². The van der Waals surface area contributed by atoms with Gasteiger partial charge in [0.1, 0.15) is 11.3 Å². The lowest BCUT2D eigenvalue weighted by molar-refractivity contribution is -0.133. The molecule has 0 aliphatic rings. The topological polar surface area (TPSA) is 76.7 Å². The maximum atomic E-state index is 11.6. The Labute approximate surface area is 89.9 Å². The Balaban J connectivity index is 2.65. The van der Waals surface area contributed by atoms with Gasteiger partial charge in [0.05, 0.1) is 11.5 Å². The smallest absolute Gasteiger partial charge is 0.310 e. The molecule has 16 heavy (non-hydrogen) atoms. The zero-order valence-corrected chi connectivity index (χ0v) is 8.39.